The lowest BCUT2D eigenvalue weighted by atomic mass is 10.1. The zero-order valence-corrected chi connectivity index (χ0v) is 13.6. The van der Waals surface area contributed by atoms with Gasteiger partial charge in [-0.3, -0.25) is 10.4 Å². The van der Waals surface area contributed by atoms with Crippen LogP contribution in [0.5, 0.6) is 0 Å². The Kier molecular flexibility index (Phi) is 4.24. The van der Waals surface area contributed by atoms with Gasteiger partial charge >= 0.3 is 0 Å². The smallest absolute Gasteiger partial charge is 0.0726 e. The van der Waals surface area contributed by atoms with E-state index in [9.17, 15) is 0 Å². The summed E-state index contributed by atoms with van der Waals surface area (Å²) in [6.45, 7) is 1.99. The van der Waals surface area contributed by atoms with Crippen molar-refractivity contribution in [3.05, 3.63) is 65.9 Å². The van der Waals surface area contributed by atoms with Crippen LogP contribution in [-0.2, 0) is 0 Å². The number of hydrogen-bond acceptors (Lipinski definition) is 4. The Morgan fingerprint density at radius 1 is 1.04 bits per heavy atom. The highest BCUT2D eigenvalue weighted by Gasteiger charge is 2.02. The second kappa shape index (κ2) is 6.48. The van der Waals surface area contributed by atoms with Gasteiger partial charge in [0.15, 0.2) is 0 Å². The van der Waals surface area contributed by atoms with Gasteiger partial charge in [-0.25, -0.2) is 0 Å². The van der Waals surface area contributed by atoms with E-state index in [0.29, 0.717) is 0 Å². The van der Waals surface area contributed by atoms with E-state index in [4.69, 9.17) is 0 Å². The second-order valence-corrected chi connectivity index (χ2v) is 5.68. The van der Waals surface area contributed by atoms with E-state index < -0.39 is 0 Å². The normalized spacial score (nSPS) is 11.1. The summed E-state index contributed by atoms with van der Waals surface area (Å²) in [6, 6.07) is 18.3. The Balaban J connectivity index is 1.80. The van der Waals surface area contributed by atoms with E-state index in [-0.39, 0.29) is 0 Å². The summed E-state index contributed by atoms with van der Waals surface area (Å²) < 4.78 is 0. The zero-order valence-electron chi connectivity index (χ0n) is 13.6. The van der Waals surface area contributed by atoms with Crippen molar-refractivity contribution < 1.29 is 0 Å². The maximum absolute atomic E-state index is 4.53. The number of para-hydroxylation sites is 1. The van der Waals surface area contributed by atoms with Crippen LogP contribution in [0.2, 0.25) is 0 Å². The molecule has 4 heteroatoms. The summed E-state index contributed by atoms with van der Waals surface area (Å²) in [5.74, 6) is 0. The van der Waals surface area contributed by atoms with Crippen molar-refractivity contribution in [2.75, 3.05) is 24.4 Å². The summed E-state index contributed by atoms with van der Waals surface area (Å²) in [5, 5.41) is 5.43. The number of aromatic nitrogens is 1. The topological polar surface area (TPSA) is 40.5 Å². The molecule has 0 aliphatic heterocycles. The molecule has 23 heavy (non-hydrogen) atoms. The van der Waals surface area contributed by atoms with Gasteiger partial charge in [-0.2, -0.15) is 5.10 Å². The minimum absolute atomic E-state index is 0.967. The predicted octanol–water partition coefficient (Wildman–Crippen LogP) is 4.06. The number of nitrogens with zero attached hydrogens (tertiary/aromatic N) is 3. The lowest BCUT2D eigenvalue weighted by molar-refractivity contribution is 1.13. The van der Waals surface area contributed by atoms with Crippen molar-refractivity contribution in [3.8, 4) is 0 Å². The van der Waals surface area contributed by atoms with Crippen molar-refractivity contribution in [2.24, 2.45) is 5.10 Å². The van der Waals surface area contributed by atoms with Gasteiger partial charge in [0.05, 0.1) is 17.4 Å². The highest BCUT2D eigenvalue weighted by Crippen LogP contribution is 2.22. The minimum atomic E-state index is 0.967. The third-order valence-electron chi connectivity index (χ3n) is 3.65. The molecule has 0 radical (unpaired) electrons. The van der Waals surface area contributed by atoms with Crippen LogP contribution in [-0.4, -0.2) is 25.3 Å². The highest BCUT2D eigenvalue weighted by atomic mass is 15.3. The number of benzene rings is 2. The fourth-order valence-electron chi connectivity index (χ4n) is 2.44. The molecule has 1 aromatic heterocycles. The van der Waals surface area contributed by atoms with E-state index in [1.807, 2.05) is 57.6 Å². The van der Waals surface area contributed by atoms with E-state index in [0.717, 1.165) is 27.8 Å². The summed E-state index contributed by atoms with van der Waals surface area (Å²) in [7, 11) is 4.06. The van der Waals surface area contributed by atoms with Crippen molar-refractivity contribution in [1.29, 1.82) is 0 Å². The van der Waals surface area contributed by atoms with Gasteiger partial charge in [-0.1, -0.05) is 30.3 Å². The third-order valence-corrected chi connectivity index (χ3v) is 3.65. The molecule has 0 aliphatic rings. The van der Waals surface area contributed by atoms with Crippen LogP contribution in [0.3, 0.4) is 0 Å². The predicted molar refractivity (Wildman–Crippen MR) is 98.5 cm³/mol. The largest absolute Gasteiger partial charge is 0.378 e. The number of hydrazone groups is 1. The summed E-state index contributed by atoms with van der Waals surface area (Å²) in [5.41, 5.74) is 8.27. The summed E-state index contributed by atoms with van der Waals surface area (Å²) in [4.78, 5) is 6.61. The first-order valence-corrected chi connectivity index (χ1v) is 7.56. The molecule has 0 fully saturated rings. The Labute approximate surface area is 136 Å². The number of nitrogens with one attached hydrogen (secondary N) is 1. The maximum atomic E-state index is 4.53. The molecule has 116 valence electrons. The second-order valence-electron chi connectivity index (χ2n) is 5.68. The number of aryl methyl sites for hydroxylation is 1. The zero-order chi connectivity index (χ0) is 16.2. The van der Waals surface area contributed by atoms with Crippen molar-refractivity contribution >= 4 is 28.5 Å². The fraction of sp³-hybridized carbons (Fsp3) is 0.158. The average molecular weight is 304 g/mol. The minimum Gasteiger partial charge on any atom is -0.378 e. The lowest BCUT2D eigenvalue weighted by Crippen LogP contribution is -2.08. The lowest BCUT2D eigenvalue weighted by Gasteiger charge is -2.11. The highest BCUT2D eigenvalue weighted by molar-refractivity contribution is 5.92. The van der Waals surface area contributed by atoms with Gasteiger partial charge in [0.2, 0.25) is 0 Å². The molecule has 0 amide bonds. The number of anilines is 2. The number of fused-ring (bicyclic) bond motifs is 1. The van der Waals surface area contributed by atoms with Gasteiger partial charge in [-0.05, 0) is 36.8 Å². The van der Waals surface area contributed by atoms with Crippen molar-refractivity contribution in [3.63, 3.8) is 0 Å². The van der Waals surface area contributed by atoms with Crippen LogP contribution in [0.15, 0.2) is 59.7 Å². The molecule has 3 rings (SSSR count). The van der Waals surface area contributed by atoms with Crippen LogP contribution in [0.25, 0.3) is 10.9 Å². The molecule has 0 aliphatic carbocycles. The van der Waals surface area contributed by atoms with Gasteiger partial charge in [0.25, 0.3) is 0 Å². The molecule has 1 N–H and O–H groups in total. The molecular formula is C19H20N4. The Morgan fingerprint density at radius 3 is 2.52 bits per heavy atom. The average Bonchev–Trinajstić information content (AvgIpc) is 2.55. The van der Waals surface area contributed by atoms with E-state index in [1.165, 1.54) is 5.69 Å². The SMILES string of the molecule is Cc1cc(N/N=C\c2ccc(N(C)C)cc2)c2ccccc2n1. The first-order valence-electron chi connectivity index (χ1n) is 7.56. The standard InChI is InChI=1S/C19H20N4/c1-14-12-19(17-6-4-5-7-18(17)21-14)22-20-13-15-8-10-16(11-9-15)23(2)3/h4-13H,1-3H3,(H,21,22)/b20-13-. The number of hydrogen-bond donors (Lipinski definition) is 1. The van der Waals surface area contributed by atoms with Gasteiger partial charge in [0.1, 0.15) is 0 Å². The molecule has 4 nitrogen and oxygen atoms in total. The van der Waals surface area contributed by atoms with Gasteiger partial charge in [-0.15, -0.1) is 0 Å². The Morgan fingerprint density at radius 2 is 1.78 bits per heavy atom. The summed E-state index contributed by atoms with van der Waals surface area (Å²) >= 11 is 0. The molecule has 3 aromatic rings. The van der Waals surface area contributed by atoms with Gasteiger partial charge in [0, 0.05) is 30.9 Å². The van der Waals surface area contributed by atoms with Crippen molar-refractivity contribution in [1.82, 2.24) is 4.98 Å². The maximum Gasteiger partial charge on any atom is 0.0726 e. The van der Waals surface area contributed by atoms with E-state index in [2.05, 4.69) is 44.7 Å². The number of pyridine rings is 1. The number of rotatable bonds is 4. The molecule has 2 aromatic carbocycles. The first-order chi connectivity index (χ1) is 11.1. The molecule has 0 unspecified atom stereocenters. The third kappa shape index (κ3) is 3.48. The van der Waals surface area contributed by atoms with E-state index in [1.54, 1.807) is 0 Å². The molecule has 0 bridgehead atoms. The molecule has 0 saturated carbocycles. The molecule has 0 saturated heterocycles. The van der Waals surface area contributed by atoms with Crippen LogP contribution in [0.1, 0.15) is 11.3 Å². The molecule has 0 atom stereocenters. The monoisotopic (exact) mass is 304 g/mol. The first kappa shape index (κ1) is 15.0. The Hall–Kier alpha value is -2.88. The fourth-order valence-corrected chi connectivity index (χ4v) is 2.44. The van der Waals surface area contributed by atoms with Crippen LogP contribution >= 0.6 is 0 Å². The van der Waals surface area contributed by atoms with Crippen LogP contribution in [0, 0.1) is 6.92 Å². The molecule has 0 spiro atoms. The van der Waals surface area contributed by atoms with Crippen LogP contribution < -0.4 is 10.3 Å². The van der Waals surface area contributed by atoms with Crippen LogP contribution in [0.4, 0.5) is 11.4 Å². The quantitative estimate of drug-likeness (QED) is 0.584. The summed E-state index contributed by atoms with van der Waals surface area (Å²) in [6.07, 6.45) is 1.82. The molecule has 1 heterocycles. The molecular weight excluding hydrogens is 284 g/mol. The Bertz CT molecular complexity index is 836. The van der Waals surface area contributed by atoms with Gasteiger partial charge < -0.3 is 4.90 Å². The van der Waals surface area contributed by atoms with E-state index >= 15 is 0 Å². The van der Waals surface area contributed by atoms with Crippen molar-refractivity contribution in [2.45, 2.75) is 6.92 Å².